The molecule has 0 fully saturated rings. The zero-order valence-corrected chi connectivity index (χ0v) is 6.63. The monoisotopic (exact) mass is 196 g/mol. The van der Waals surface area contributed by atoms with Crippen LogP contribution in [0.3, 0.4) is 0 Å². The highest BCUT2D eigenvalue weighted by molar-refractivity contribution is 5.14. The van der Waals surface area contributed by atoms with Gasteiger partial charge in [-0.15, -0.1) is 19.8 Å². The van der Waals surface area contributed by atoms with Crippen LogP contribution < -0.4 is 11.7 Å². The lowest BCUT2D eigenvalue weighted by atomic mass is 11.1. The fourth-order valence-corrected chi connectivity index (χ4v) is 0.599. The molecule has 0 bridgehead atoms. The van der Waals surface area contributed by atoms with Gasteiger partial charge in [-0.05, 0) is 20.9 Å². The minimum absolute atomic E-state index is 0.00741. The first-order chi connectivity index (χ1) is 6.77. The number of aromatic nitrogens is 8. The van der Waals surface area contributed by atoms with Crippen LogP contribution in [0.2, 0.25) is 0 Å². The Balaban J connectivity index is 2.23. The van der Waals surface area contributed by atoms with Crippen LogP contribution in [0, 0.1) is 0 Å². The lowest BCUT2D eigenvalue weighted by Gasteiger charge is -1.88. The van der Waals surface area contributed by atoms with Gasteiger partial charge in [-0.3, -0.25) is 0 Å². The summed E-state index contributed by atoms with van der Waals surface area (Å²) in [7, 11) is 0. The summed E-state index contributed by atoms with van der Waals surface area (Å²) in [5.41, 5.74) is 0. The maximum Gasteiger partial charge on any atom is 0.307 e. The minimum atomic E-state index is 0.00741. The number of nitrogen functional groups attached to an aromatic ring is 2. The second-order valence-electron chi connectivity index (χ2n) is 2.05. The van der Waals surface area contributed by atoms with Gasteiger partial charge in [-0.25, -0.2) is 0 Å². The van der Waals surface area contributed by atoms with Crippen LogP contribution in [0.15, 0.2) is 10.2 Å². The molecule has 2 heterocycles. The number of rotatable bonds is 2. The molecule has 0 spiro atoms. The van der Waals surface area contributed by atoms with Crippen LogP contribution in [0.1, 0.15) is 0 Å². The maximum absolute atomic E-state index is 5.26. The molecule has 0 unspecified atom stereocenters. The summed E-state index contributed by atoms with van der Waals surface area (Å²) in [6.45, 7) is 0. The molecule has 2 aromatic heterocycles. The number of hydrogen-bond donors (Lipinski definition) is 2. The molecule has 0 aromatic carbocycles. The molecule has 0 amide bonds. The first-order valence-electron chi connectivity index (χ1n) is 3.26. The number of azo groups is 1. The molecule has 0 aliphatic heterocycles. The van der Waals surface area contributed by atoms with Crippen molar-refractivity contribution in [3.8, 4) is 0 Å². The van der Waals surface area contributed by atoms with Gasteiger partial charge >= 0.3 is 11.9 Å². The van der Waals surface area contributed by atoms with E-state index in [0.29, 0.717) is 0 Å². The minimum Gasteiger partial charge on any atom is -0.318 e. The predicted molar refractivity (Wildman–Crippen MR) is 40.1 cm³/mol. The molecule has 2 rings (SSSR count). The van der Waals surface area contributed by atoms with E-state index in [1.165, 1.54) is 0 Å². The largest absolute Gasteiger partial charge is 0.318 e. The third-order valence-corrected chi connectivity index (χ3v) is 1.18. The summed E-state index contributed by atoms with van der Waals surface area (Å²) in [5.74, 6) is 10.5. The fraction of sp³-hybridized carbons (Fsp3) is 0. The smallest absolute Gasteiger partial charge is 0.307 e. The Hall–Kier alpha value is -2.66. The molecule has 0 radical (unpaired) electrons. The average molecular weight is 196 g/mol. The van der Waals surface area contributed by atoms with Gasteiger partial charge in [0.1, 0.15) is 0 Å². The summed E-state index contributed by atoms with van der Waals surface area (Å²) in [5, 5.41) is 27.1. The van der Waals surface area contributed by atoms with Gasteiger partial charge < -0.3 is 11.7 Å². The average Bonchev–Trinajstić information content (AvgIpc) is 2.72. The molecular formula is C2H4N12. The Morgan fingerprint density at radius 1 is 0.857 bits per heavy atom. The number of nitrogens with two attached hydrogens (primary N) is 2. The fourth-order valence-electron chi connectivity index (χ4n) is 0.599. The Bertz CT molecular complexity index is 404. The first-order valence-corrected chi connectivity index (χ1v) is 3.26. The van der Waals surface area contributed by atoms with Gasteiger partial charge in [0.05, 0.1) is 0 Å². The molecule has 72 valence electrons. The zero-order valence-electron chi connectivity index (χ0n) is 6.63. The van der Waals surface area contributed by atoms with Crippen LogP contribution in [0.4, 0.5) is 11.9 Å². The molecule has 0 saturated heterocycles. The second kappa shape index (κ2) is 3.00. The lowest BCUT2D eigenvalue weighted by Crippen LogP contribution is -2.10. The van der Waals surface area contributed by atoms with E-state index >= 15 is 0 Å². The number of hydrogen-bond acceptors (Lipinski definition) is 10. The van der Waals surface area contributed by atoms with Crippen molar-refractivity contribution in [3.05, 3.63) is 0 Å². The van der Waals surface area contributed by atoms with Gasteiger partial charge in [0, 0.05) is 0 Å². The van der Waals surface area contributed by atoms with Crippen molar-refractivity contribution in [2.45, 2.75) is 0 Å². The van der Waals surface area contributed by atoms with Crippen LogP contribution >= 0.6 is 0 Å². The molecular weight excluding hydrogens is 192 g/mol. The van der Waals surface area contributed by atoms with E-state index in [2.05, 4.69) is 41.3 Å². The second-order valence-corrected chi connectivity index (χ2v) is 2.05. The van der Waals surface area contributed by atoms with Gasteiger partial charge in [0.2, 0.25) is 0 Å². The van der Waals surface area contributed by atoms with Crippen molar-refractivity contribution in [1.29, 1.82) is 0 Å². The number of tetrazole rings is 2. The van der Waals surface area contributed by atoms with Crippen molar-refractivity contribution in [3.63, 3.8) is 0 Å². The third-order valence-electron chi connectivity index (χ3n) is 1.18. The Morgan fingerprint density at radius 2 is 1.29 bits per heavy atom. The number of nitrogens with zero attached hydrogens (tertiary/aromatic N) is 10. The molecule has 0 saturated carbocycles. The molecule has 2 aromatic rings. The summed E-state index contributed by atoms with van der Waals surface area (Å²) >= 11 is 0. The molecule has 12 nitrogen and oxygen atoms in total. The van der Waals surface area contributed by atoms with Crippen molar-refractivity contribution in [2.75, 3.05) is 11.7 Å². The summed E-state index contributed by atoms with van der Waals surface area (Å²) < 4.78 is 0. The topological polar surface area (TPSA) is 164 Å². The molecule has 0 aliphatic rings. The van der Waals surface area contributed by atoms with E-state index in [9.17, 15) is 0 Å². The van der Waals surface area contributed by atoms with Gasteiger partial charge in [0.15, 0.2) is 0 Å². The summed E-state index contributed by atoms with van der Waals surface area (Å²) in [6, 6.07) is 0. The predicted octanol–water partition coefficient (Wildman–Crippen LogP) is -2.50. The highest BCUT2D eigenvalue weighted by Gasteiger charge is 2.02. The van der Waals surface area contributed by atoms with E-state index in [-0.39, 0.29) is 11.9 Å². The van der Waals surface area contributed by atoms with E-state index in [0.717, 1.165) is 9.58 Å². The highest BCUT2D eigenvalue weighted by atomic mass is 15.7. The highest BCUT2D eigenvalue weighted by Crippen LogP contribution is 2.07. The molecule has 12 heteroatoms. The van der Waals surface area contributed by atoms with Crippen LogP contribution in [0.25, 0.3) is 0 Å². The molecule has 14 heavy (non-hydrogen) atoms. The first kappa shape index (κ1) is 7.96. The SMILES string of the molecule is Nn1nnnc1N=Nc1nnnn1N. The third kappa shape index (κ3) is 1.30. The maximum atomic E-state index is 5.26. The van der Waals surface area contributed by atoms with Crippen molar-refractivity contribution >= 4 is 11.9 Å². The van der Waals surface area contributed by atoms with Gasteiger partial charge in [0.25, 0.3) is 0 Å². The van der Waals surface area contributed by atoms with Gasteiger partial charge in [-0.1, -0.05) is 10.2 Å². The molecule has 0 aliphatic carbocycles. The molecule has 4 N–H and O–H groups in total. The Labute approximate surface area is 75.5 Å². The van der Waals surface area contributed by atoms with Crippen molar-refractivity contribution < 1.29 is 0 Å². The Morgan fingerprint density at radius 3 is 1.57 bits per heavy atom. The van der Waals surface area contributed by atoms with E-state index < -0.39 is 0 Å². The van der Waals surface area contributed by atoms with Crippen LogP contribution in [-0.2, 0) is 0 Å². The lowest BCUT2D eigenvalue weighted by molar-refractivity contribution is 0.748. The van der Waals surface area contributed by atoms with Gasteiger partial charge in [-0.2, -0.15) is 0 Å². The summed E-state index contributed by atoms with van der Waals surface area (Å²) in [4.78, 5) is 1.68. The van der Waals surface area contributed by atoms with Crippen molar-refractivity contribution in [2.24, 2.45) is 10.2 Å². The standard InChI is InChI=1S/C2H4N12/c3-13-1(7-9-11-13)5-6-2-8-10-12-14(2)4/h3-4H2. The summed E-state index contributed by atoms with van der Waals surface area (Å²) in [6.07, 6.45) is 0. The van der Waals surface area contributed by atoms with E-state index in [4.69, 9.17) is 11.7 Å². The molecule has 0 atom stereocenters. The van der Waals surface area contributed by atoms with E-state index in [1.807, 2.05) is 0 Å². The quantitative estimate of drug-likeness (QED) is 0.393. The van der Waals surface area contributed by atoms with E-state index in [1.54, 1.807) is 0 Å². The zero-order chi connectivity index (χ0) is 9.97. The van der Waals surface area contributed by atoms with Crippen LogP contribution in [-0.4, -0.2) is 40.6 Å². The van der Waals surface area contributed by atoms with Crippen LogP contribution in [0.5, 0.6) is 0 Å². The Kier molecular flexibility index (Phi) is 1.71. The normalized spacial score (nSPS) is 11.1. The van der Waals surface area contributed by atoms with Crippen molar-refractivity contribution in [1.82, 2.24) is 40.6 Å².